The van der Waals surface area contributed by atoms with Crippen molar-refractivity contribution in [1.82, 2.24) is 5.43 Å². The van der Waals surface area contributed by atoms with Crippen molar-refractivity contribution in [2.45, 2.75) is 6.92 Å². The Morgan fingerprint density at radius 3 is 2.78 bits per heavy atom. The molecule has 0 fully saturated rings. The Morgan fingerprint density at radius 2 is 2.11 bits per heavy atom. The second-order valence-electron chi connectivity index (χ2n) is 3.73. The number of urea groups is 1. The van der Waals surface area contributed by atoms with Crippen LogP contribution in [0.1, 0.15) is 11.3 Å². The first kappa shape index (κ1) is 11.9. The third kappa shape index (κ3) is 2.76. The lowest BCUT2D eigenvalue weighted by atomic mass is 10.1. The van der Waals surface area contributed by atoms with Crippen molar-refractivity contribution in [3.63, 3.8) is 0 Å². The summed E-state index contributed by atoms with van der Waals surface area (Å²) in [6.07, 6.45) is 1.53. The van der Waals surface area contributed by atoms with Crippen LogP contribution in [0.3, 0.4) is 0 Å². The number of rotatable bonds is 3. The molecule has 2 aromatic rings. The van der Waals surface area contributed by atoms with Gasteiger partial charge >= 0.3 is 6.03 Å². The molecule has 92 valence electrons. The number of nitrogens with zero attached hydrogens (tertiary/aromatic N) is 1. The normalized spacial score (nSPS) is 10.7. The molecule has 0 aliphatic carbocycles. The summed E-state index contributed by atoms with van der Waals surface area (Å²) in [4.78, 5) is 10.5. The first-order valence-corrected chi connectivity index (χ1v) is 5.41. The molecule has 1 heterocycles. The minimum Gasteiger partial charge on any atom is -0.461 e. The summed E-state index contributed by atoms with van der Waals surface area (Å²) < 4.78 is 5.56. The number of hydrazone groups is 1. The number of hydrogen-bond donors (Lipinski definition) is 2. The molecule has 1 aromatic carbocycles. The Labute approximate surface area is 104 Å². The molecule has 0 saturated carbocycles. The molecule has 18 heavy (non-hydrogen) atoms. The van der Waals surface area contributed by atoms with E-state index in [1.54, 1.807) is 0 Å². The number of nitrogens with two attached hydrogens (primary N) is 1. The van der Waals surface area contributed by atoms with Crippen molar-refractivity contribution in [3.05, 3.63) is 47.7 Å². The van der Waals surface area contributed by atoms with Crippen LogP contribution in [-0.4, -0.2) is 12.2 Å². The zero-order valence-corrected chi connectivity index (χ0v) is 9.88. The first-order chi connectivity index (χ1) is 8.66. The molecule has 0 saturated heterocycles. The molecule has 2 amide bonds. The van der Waals surface area contributed by atoms with Crippen LogP contribution in [0.25, 0.3) is 11.3 Å². The van der Waals surface area contributed by atoms with Crippen LogP contribution in [0.4, 0.5) is 4.79 Å². The van der Waals surface area contributed by atoms with E-state index in [9.17, 15) is 4.79 Å². The van der Waals surface area contributed by atoms with Crippen LogP contribution in [-0.2, 0) is 0 Å². The van der Waals surface area contributed by atoms with Gasteiger partial charge in [0.2, 0.25) is 0 Å². The van der Waals surface area contributed by atoms with Crippen molar-refractivity contribution in [2.24, 2.45) is 10.8 Å². The van der Waals surface area contributed by atoms with Crippen molar-refractivity contribution >= 4 is 12.2 Å². The smallest absolute Gasteiger partial charge is 0.332 e. The highest BCUT2D eigenvalue weighted by Crippen LogP contribution is 2.24. The zero-order chi connectivity index (χ0) is 13.0. The average molecular weight is 243 g/mol. The zero-order valence-electron chi connectivity index (χ0n) is 9.88. The van der Waals surface area contributed by atoms with E-state index in [2.05, 4.69) is 10.5 Å². The lowest BCUT2D eigenvalue weighted by Gasteiger charge is -2.02. The lowest BCUT2D eigenvalue weighted by molar-refractivity contribution is 0.249. The standard InChI is InChI=1S/C13H13N3O2/c1-9-6-7-12(18-9)11-5-3-2-4-10(11)8-15-16-13(14)17/h2-8H,1H3,(H3,14,16,17). The van der Waals surface area contributed by atoms with Crippen LogP contribution >= 0.6 is 0 Å². The lowest BCUT2D eigenvalue weighted by Crippen LogP contribution is -2.24. The summed E-state index contributed by atoms with van der Waals surface area (Å²) >= 11 is 0. The molecule has 5 heteroatoms. The third-order valence-electron chi connectivity index (χ3n) is 2.34. The summed E-state index contributed by atoms with van der Waals surface area (Å²) in [6, 6.07) is 10.7. The highest BCUT2D eigenvalue weighted by molar-refractivity contribution is 5.89. The van der Waals surface area contributed by atoms with Gasteiger partial charge in [-0.1, -0.05) is 24.3 Å². The maximum absolute atomic E-state index is 10.5. The van der Waals surface area contributed by atoms with Gasteiger partial charge in [0.05, 0.1) is 6.21 Å². The quantitative estimate of drug-likeness (QED) is 0.640. The van der Waals surface area contributed by atoms with Gasteiger partial charge in [0, 0.05) is 11.1 Å². The van der Waals surface area contributed by atoms with E-state index in [-0.39, 0.29) is 0 Å². The van der Waals surface area contributed by atoms with Crippen LogP contribution in [0.2, 0.25) is 0 Å². The molecule has 1 aromatic heterocycles. The van der Waals surface area contributed by atoms with Gasteiger partial charge in [-0.3, -0.25) is 0 Å². The van der Waals surface area contributed by atoms with Gasteiger partial charge in [0.1, 0.15) is 11.5 Å². The van der Waals surface area contributed by atoms with Gasteiger partial charge < -0.3 is 10.2 Å². The van der Waals surface area contributed by atoms with E-state index in [4.69, 9.17) is 10.2 Å². The predicted molar refractivity (Wildman–Crippen MR) is 69.2 cm³/mol. The van der Waals surface area contributed by atoms with Crippen molar-refractivity contribution in [2.75, 3.05) is 0 Å². The number of carbonyl (C=O) groups is 1. The summed E-state index contributed by atoms with van der Waals surface area (Å²) in [5, 5.41) is 3.74. The van der Waals surface area contributed by atoms with E-state index in [1.807, 2.05) is 43.3 Å². The molecule has 0 bridgehead atoms. The van der Waals surface area contributed by atoms with Gasteiger partial charge in [-0.15, -0.1) is 0 Å². The molecule has 0 radical (unpaired) electrons. The van der Waals surface area contributed by atoms with E-state index < -0.39 is 6.03 Å². The fourth-order valence-corrected chi connectivity index (χ4v) is 1.58. The topological polar surface area (TPSA) is 80.6 Å². The van der Waals surface area contributed by atoms with Crippen LogP contribution < -0.4 is 11.2 Å². The molecule has 5 nitrogen and oxygen atoms in total. The second kappa shape index (κ2) is 5.18. The van der Waals surface area contributed by atoms with E-state index in [0.29, 0.717) is 0 Å². The molecule has 3 N–H and O–H groups in total. The SMILES string of the molecule is Cc1ccc(-c2ccccc2C=NNC(N)=O)o1. The monoisotopic (exact) mass is 243 g/mol. The third-order valence-corrected chi connectivity index (χ3v) is 2.34. The number of hydrogen-bond acceptors (Lipinski definition) is 3. The predicted octanol–water partition coefficient (Wildman–Crippen LogP) is 2.26. The molecule has 0 aliphatic heterocycles. The van der Waals surface area contributed by atoms with Gasteiger partial charge in [-0.2, -0.15) is 5.10 Å². The first-order valence-electron chi connectivity index (χ1n) is 5.41. The van der Waals surface area contributed by atoms with E-state index in [1.165, 1.54) is 6.21 Å². The molecule has 0 aliphatic rings. The second-order valence-corrected chi connectivity index (χ2v) is 3.73. The van der Waals surface area contributed by atoms with E-state index >= 15 is 0 Å². The van der Waals surface area contributed by atoms with Crippen molar-refractivity contribution in [3.8, 4) is 11.3 Å². The van der Waals surface area contributed by atoms with Crippen LogP contribution in [0.5, 0.6) is 0 Å². The molecule has 2 rings (SSSR count). The Kier molecular flexibility index (Phi) is 3.43. The largest absolute Gasteiger partial charge is 0.461 e. The van der Waals surface area contributed by atoms with Crippen molar-refractivity contribution in [1.29, 1.82) is 0 Å². The molecule has 0 spiro atoms. The van der Waals surface area contributed by atoms with Crippen LogP contribution in [0, 0.1) is 6.92 Å². The Morgan fingerprint density at radius 1 is 1.33 bits per heavy atom. The average Bonchev–Trinajstić information content (AvgIpc) is 2.76. The minimum atomic E-state index is -0.697. The van der Waals surface area contributed by atoms with Crippen molar-refractivity contribution < 1.29 is 9.21 Å². The van der Waals surface area contributed by atoms with Gasteiger partial charge in [0.15, 0.2) is 0 Å². The summed E-state index contributed by atoms with van der Waals surface area (Å²) in [6.45, 7) is 1.88. The summed E-state index contributed by atoms with van der Waals surface area (Å²) in [5.41, 5.74) is 8.82. The minimum absolute atomic E-state index is 0.697. The number of nitrogens with one attached hydrogen (secondary N) is 1. The van der Waals surface area contributed by atoms with Crippen LogP contribution in [0.15, 0.2) is 45.9 Å². The number of furan rings is 1. The molecular formula is C13H13N3O2. The highest BCUT2D eigenvalue weighted by Gasteiger charge is 2.06. The Bertz CT molecular complexity index is 587. The number of aryl methyl sites for hydroxylation is 1. The fourth-order valence-electron chi connectivity index (χ4n) is 1.58. The number of carbonyl (C=O) groups excluding carboxylic acids is 1. The Hall–Kier alpha value is -2.56. The summed E-state index contributed by atoms with van der Waals surface area (Å²) in [7, 11) is 0. The maximum atomic E-state index is 10.5. The molecule has 0 unspecified atom stereocenters. The molecule has 0 atom stereocenters. The van der Waals surface area contributed by atoms with Gasteiger partial charge in [-0.25, -0.2) is 10.2 Å². The summed E-state index contributed by atoms with van der Waals surface area (Å²) in [5.74, 6) is 1.60. The molecular weight excluding hydrogens is 230 g/mol. The van der Waals surface area contributed by atoms with Gasteiger partial charge in [-0.05, 0) is 19.1 Å². The maximum Gasteiger partial charge on any atom is 0.332 e. The Balaban J connectivity index is 2.31. The fraction of sp³-hybridized carbons (Fsp3) is 0.0769. The number of primary amides is 1. The highest BCUT2D eigenvalue weighted by atomic mass is 16.3. The number of benzene rings is 1. The van der Waals surface area contributed by atoms with E-state index in [0.717, 1.165) is 22.6 Å². The van der Waals surface area contributed by atoms with Gasteiger partial charge in [0.25, 0.3) is 0 Å². The number of amides is 2.